The molecule has 0 bridgehead atoms. The van der Waals surface area contributed by atoms with Crippen LogP contribution in [0.5, 0.6) is 0 Å². The summed E-state index contributed by atoms with van der Waals surface area (Å²) in [6.45, 7) is 6.64. The Hall–Kier alpha value is -1.52. The first kappa shape index (κ1) is 20.5. The Labute approximate surface area is 144 Å². The standard InChI is InChI=1S/C19H31NO4/c1-4-5-9-15(21)18-14(12-19(2,3)13-16(18)22)20-11-8-6-7-10-17(23)24/h18H,4-13H2,1-3H3,(H,23,24)/p-1/t18-/m0/s1. The molecule has 24 heavy (non-hydrogen) atoms. The van der Waals surface area contributed by atoms with Crippen molar-refractivity contribution in [1.82, 2.24) is 0 Å². The summed E-state index contributed by atoms with van der Waals surface area (Å²) >= 11 is 0. The molecular formula is C19H30NO4-. The predicted octanol–water partition coefficient (Wildman–Crippen LogP) is 2.50. The van der Waals surface area contributed by atoms with Crippen LogP contribution in [0.15, 0.2) is 4.99 Å². The van der Waals surface area contributed by atoms with Crippen molar-refractivity contribution in [3.05, 3.63) is 0 Å². The van der Waals surface area contributed by atoms with Crippen LogP contribution in [0.2, 0.25) is 0 Å². The van der Waals surface area contributed by atoms with E-state index in [0.717, 1.165) is 31.4 Å². The van der Waals surface area contributed by atoms with Crippen LogP contribution in [-0.2, 0) is 14.4 Å². The molecular weight excluding hydrogens is 306 g/mol. The minimum absolute atomic E-state index is 0.00283. The van der Waals surface area contributed by atoms with E-state index in [-0.39, 0.29) is 23.4 Å². The van der Waals surface area contributed by atoms with Gasteiger partial charge >= 0.3 is 0 Å². The normalized spacial score (nSPS) is 21.9. The van der Waals surface area contributed by atoms with Gasteiger partial charge in [-0.2, -0.15) is 0 Å². The highest BCUT2D eigenvalue weighted by Crippen LogP contribution is 2.35. The number of unbranched alkanes of at least 4 members (excludes halogenated alkanes) is 3. The van der Waals surface area contributed by atoms with Crippen molar-refractivity contribution in [1.29, 1.82) is 0 Å². The SMILES string of the molecule is CCCCC(=O)[C@H]1C(=O)CC(C)(C)CC1=NCCCCCC(=O)[O-]. The molecule has 0 aromatic heterocycles. The molecule has 1 aliphatic carbocycles. The summed E-state index contributed by atoms with van der Waals surface area (Å²) < 4.78 is 0. The Morgan fingerprint density at radius 3 is 2.46 bits per heavy atom. The van der Waals surface area contributed by atoms with Crippen LogP contribution < -0.4 is 5.11 Å². The zero-order valence-electron chi connectivity index (χ0n) is 15.2. The molecule has 1 saturated carbocycles. The highest BCUT2D eigenvalue weighted by atomic mass is 16.4. The van der Waals surface area contributed by atoms with E-state index < -0.39 is 11.9 Å². The van der Waals surface area contributed by atoms with Gasteiger partial charge in [-0.05, 0) is 37.5 Å². The van der Waals surface area contributed by atoms with E-state index in [0.29, 0.717) is 32.2 Å². The van der Waals surface area contributed by atoms with E-state index in [4.69, 9.17) is 0 Å². The summed E-state index contributed by atoms with van der Waals surface area (Å²) in [5.41, 5.74) is 0.587. The molecule has 0 spiro atoms. The summed E-state index contributed by atoms with van der Waals surface area (Å²) in [6, 6.07) is 0. The van der Waals surface area contributed by atoms with Gasteiger partial charge < -0.3 is 9.90 Å². The van der Waals surface area contributed by atoms with E-state index in [9.17, 15) is 19.5 Å². The van der Waals surface area contributed by atoms with Crippen LogP contribution in [0.3, 0.4) is 0 Å². The number of ketones is 2. The number of aliphatic imine (C=N–C) groups is 1. The minimum Gasteiger partial charge on any atom is -0.550 e. The van der Waals surface area contributed by atoms with E-state index in [1.165, 1.54) is 0 Å². The lowest BCUT2D eigenvalue weighted by Crippen LogP contribution is -2.42. The topological polar surface area (TPSA) is 86.6 Å². The number of carboxylic acid groups (broad SMARTS) is 1. The molecule has 0 aliphatic heterocycles. The van der Waals surface area contributed by atoms with Crippen LogP contribution in [-0.4, -0.2) is 29.8 Å². The predicted molar refractivity (Wildman–Crippen MR) is 91.8 cm³/mol. The Balaban J connectivity index is 2.68. The number of carboxylic acids is 1. The lowest BCUT2D eigenvalue weighted by Gasteiger charge is -2.34. The van der Waals surface area contributed by atoms with Gasteiger partial charge in [-0.3, -0.25) is 14.6 Å². The number of carbonyl (C=O) groups excluding carboxylic acids is 3. The molecule has 136 valence electrons. The van der Waals surface area contributed by atoms with Gasteiger partial charge in [0, 0.05) is 31.1 Å². The van der Waals surface area contributed by atoms with Crippen LogP contribution in [0.25, 0.3) is 0 Å². The number of rotatable bonds is 10. The first-order valence-electron chi connectivity index (χ1n) is 9.05. The lowest BCUT2D eigenvalue weighted by atomic mass is 9.69. The van der Waals surface area contributed by atoms with Crippen molar-refractivity contribution in [2.75, 3.05) is 6.54 Å². The number of hydrogen-bond acceptors (Lipinski definition) is 5. The molecule has 5 heteroatoms. The molecule has 0 aromatic carbocycles. The second kappa shape index (κ2) is 9.70. The summed E-state index contributed by atoms with van der Waals surface area (Å²) in [5.74, 6) is -1.66. The van der Waals surface area contributed by atoms with E-state index in [1.54, 1.807) is 0 Å². The van der Waals surface area contributed by atoms with E-state index in [2.05, 4.69) is 4.99 Å². The Kier molecular flexibility index (Phi) is 8.29. The maximum Gasteiger partial charge on any atom is 0.149 e. The zero-order chi connectivity index (χ0) is 18.2. The highest BCUT2D eigenvalue weighted by Gasteiger charge is 2.41. The molecule has 0 aromatic rings. The van der Waals surface area contributed by atoms with Crippen LogP contribution in [0, 0.1) is 11.3 Å². The summed E-state index contributed by atoms with van der Waals surface area (Å²) in [7, 11) is 0. The van der Waals surface area contributed by atoms with Crippen molar-refractivity contribution in [3.8, 4) is 0 Å². The van der Waals surface area contributed by atoms with Gasteiger partial charge in [-0.1, -0.05) is 33.6 Å². The minimum atomic E-state index is -1.03. The van der Waals surface area contributed by atoms with Gasteiger partial charge in [-0.15, -0.1) is 0 Å². The second-order valence-electron chi connectivity index (χ2n) is 7.54. The second-order valence-corrected chi connectivity index (χ2v) is 7.54. The van der Waals surface area contributed by atoms with Gasteiger partial charge in [0.05, 0.1) is 0 Å². The smallest absolute Gasteiger partial charge is 0.149 e. The molecule has 5 nitrogen and oxygen atoms in total. The summed E-state index contributed by atoms with van der Waals surface area (Å²) in [5, 5.41) is 10.4. The fourth-order valence-corrected chi connectivity index (χ4v) is 3.20. The lowest BCUT2D eigenvalue weighted by molar-refractivity contribution is -0.305. The van der Waals surface area contributed by atoms with Crippen LogP contribution in [0.1, 0.15) is 78.6 Å². The number of nitrogens with zero attached hydrogens (tertiary/aromatic N) is 1. The van der Waals surface area contributed by atoms with E-state index >= 15 is 0 Å². The molecule has 1 atom stereocenters. The Morgan fingerprint density at radius 2 is 1.83 bits per heavy atom. The molecule has 0 amide bonds. The number of carbonyl (C=O) groups is 3. The fraction of sp³-hybridized carbons (Fsp3) is 0.789. The monoisotopic (exact) mass is 336 g/mol. The van der Waals surface area contributed by atoms with E-state index in [1.807, 2.05) is 20.8 Å². The van der Waals surface area contributed by atoms with Crippen molar-refractivity contribution in [2.24, 2.45) is 16.3 Å². The highest BCUT2D eigenvalue weighted by molar-refractivity contribution is 6.22. The maximum atomic E-state index is 12.5. The van der Waals surface area contributed by atoms with Crippen LogP contribution in [0.4, 0.5) is 0 Å². The third kappa shape index (κ3) is 6.93. The largest absolute Gasteiger partial charge is 0.550 e. The average molecular weight is 336 g/mol. The number of aliphatic carboxylic acids is 1. The molecule has 1 rings (SSSR count). The fourth-order valence-electron chi connectivity index (χ4n) is 3.20. The molecule has 0 unspecified atom stereocenters. The first-order valence-corrected chi connectivity index (χ1v) is 9.05. The van der Waals surface area contributed by atoms with Crippen LogP contribution >= 0.6 is 0 Å². The first-order chi connectivity index (χ1) is 11.3. The third-order valence-electron chi connectivity index (χ3n) is 4.42. The zero-order valence-corrected chi connectivity index (χ0v) is 15.2. The molecule has 0 N–H and O–H groups in total. The molecule has 0 radical (unpaired) electrons. The quantitative estimate of drug-likeness (QED) is 0.453. The van der Waals surface area contributed by atoms with Gasteiger partial charge in [0.1, 0.15) is 17.5 Å². The number of Topliss-reactive ketones (excluding diaryl/α,β-unsaturated/α-hetero) is 2. The molecule has 1 fully saturated rings. The molecule has 0 saturated heterocycles. The number of hydrogen-bond donors (Lipinski definition) is 0. The Morgan fingerprint density at radius 1 is 1.12 bits per heavy atom. The Bertz CT molecular complexity index is 494. The van der Waals surface area contributed by atoms with Crippen molar-refractivity contribution in [2.45, 2.75) is 78.6 Å². The summed E-state index contributed by atoms with van der Waals surface area (Å²) in [6.07, 6.45) is 5.47. The van der Waals surface area contributed by atoms with Gasteiger partial charge in [0.25, 0.3) is 0 Å². The molecule has 1 aliphatic rings. The third-order valence-corrected chi connectivity index (χ3v) is 4.42. The molecule has 0 heterocycles. The van der Waals surface area contributed by atoms with Gasteiger partial charge in [-0.25, -0.2) is 0 Å². The maximum absolute atomic E-state index is 12.5. The van der Waals surface area contributed by atoms with Crippen molar-refractivity contribution >= 4 is 23.2 Å². The van der Waals surface area contributed by atoms with Crippen molar-refractivity contribution < 1.29 is 19.5 Å². The summed E-state index contributed by atoms with van der Waals surface area (Å²) in [4.78, 5) is 39.8. The average Bonchev–Trinajstić information content (AvgIpc) is 2.46. The van der Waals surface area contributed by atoms with Gasteiger partial charge in [0.2, 0.25) is 0 Å². The van der Waals surface area contributed by atoms with Crippen molar-refractivity contribution in [3.63, 3.8) is 0 Å². The van der Waals surface area contributed by atoms with Gasteiger partial charge in [0.15, 0.2) is 0 Å².